The van der Waals surface area contributed by atoms with E-state index in [1.165, 1.54) is 17.4 Å². The quantitative estimate of drug-likeness (QED) is 0.780. The summed E-state index contributed by atoms with van der Waals surface area (Å²) in [5.41, 5.74) is 0. The summed E-state index contributed by atoms with van der Waals surface area (Å²) in [6, 6.07) is 5.99. The minimum Gasteiger partial charge on any atom is -0.336 e. The standard InChI is InChI=1S/C14H11Cl2N3O3S3/c15-10-5-12(24-13(10)16)25(21,22)18-11-3-4-19(14(11)20)7-9-2-1-8(6-17)23-9/h1-2,5,11,18H,3-4,7H2/t11-/m0/s1. The Bertz CT molecular complexity index is 942. The number of carbonyl (C=O) groups excluding carboxylic acids is 1. The lowest BCUT2D eigenvalue weighted by Gasteiger charge is -2.16. The maximum atomic E-state index is 12.5. The first-order chi connectivity index (χ1) is 11.8. The van der Waals surface area contributed by atoms with Gasteiger partial charge in [0.1, 0.15) is 25.5 Å². The van der Waals surface area contributed by atoms with Crippen LogP contribution in [-0.4, -0.2) is 31.8 Å². The summed E-state index contributed by atoms with van der Waals surface area (Å²) in [7, 11) is -3.86. The number of sulfonamides is 1. The first-order valence-electron chi connectivity index (χ1n) is 7.05. The molecular formula is C14H11Cl2N3O3S3. The summed E-state index contributed by atoms with van der Waals surface area (Å²) in [5, 5.41) is 9.01. The van der Waals surface area contributed by atoms with E-state index in [2.05, 4.69) is 10.8 Å². The molecule has 2 aromatic rings. The Labute approximate surface area is 162 Å². The van der Waals surface area contributed by atoms with E-state index in [0.29, 0.717) is 24.4 Å². The fraction of sp³-hybridized carbons (Fsp3) is 0.286. The Morgan fingerprint density at radius 1 is 1.36 bits per heavy atom. The van der Waals surface area contributed by atoms with Crippen molar-refractivity contribution in [2.45, 2.75) is 23.2 Å². The van der Waals surface area contributed by atoms with Crippen molar-refractivity contribution in [1.82, 2.24) is 9.62 Å². The molecule has 3 rings (SSSR count). The van der Waals surface area contributed by atoms with Gasteiger partial charge in [0.15, 0.2) is 0 Å². The Hall–Kier alpha value is -1.15. The number of likely N-dealkylation sites (tertiary alicyclic amines) is 1. The van der Waals surface area contributed by atoms with Gasteiger partial charge < -0.3 is 4.90 Å². The van der Waals surface area contributed by atoms with Crippen molar-refractivity contribution < 1.29 is 13.2 Å². The molecule has 0 spiro atoms. The molecule has 1 N–H and O–H groups in total. The fourth-order valence-corrected chi connectivity index (χ4v) is 6.36. The topological polar surface area (TPSA) is 90.3 Å². The zero-order valence-electron chi connectivity index (χ0n) is 12.5. The zero-order valence-corrected chi connectivity index (χ0v) is 16.5. The Kier molecular flexibility index (Phi) is 5.39. The second kappa shape index (κ2) is 7.23. The van der Waals surface area contributed by atoms with Crippen LogP contribution in [0.1, 0.15) is 16.2 Å². The van der Waals surface area contributed by atoms with Crippen LogP contribution in [0.4, 0.5) is 0 Å². The van der Waals surface area contributed by atoms with Crippen molar-refractivity contribution in [3.8, 4) is 6.07 Å². The maximum absolute atomic E-state index is 12.5. The minimum atomic E-state index is -3.86. The van der Waals surface area contributed by atoms with Gasteiger partial charge in [0, 0.05) is 11.4 Å². The second-order valence-corrected chi connectivity index (χ2v) is 10.5. The van der Waals surface area contributed by atoms with Gasteiger partial charge in [-0.2, -0.15) is 9.98 Å². The van der Waals surface area contributed by atoms with Crippen LogP contribution < -0.4 is 4.72 Å². The molecular weight excluding hydrogens is 425 g/mol. The summed E-state index contributed by atoms with van der Waals surface area (Å²) in [4.78, 5) is 15.5. The van der Waals surface area contributed by atoms with Gasteiger partial charge >= 0.3 is 0 Å². The predicted molar refractivity (Wildman–Crippen MR) is 97.5 cm³/mol. The van der Waals surface area contributed by atoms with Gasteiger partial charge in [-0.15, -0.1) is 22.7 Å². The predicted octanol–water partition coefficient (Wildman–Crippen LogP) is 3.07. The largest absolute Gasteiger partial charge is 0.336 e. The Morgan fingerprint density at radius 2 is 2.12 bits per heavy atom. The van der Waals surface area contributed by atoms with Gasteiger partial charge in [0.2, 0.25) is 5.91 Å². The number of halogens is 2. The first-order valence-corrected chi connectivity index (χ1v) is 10.9. The van der Waals surface area contributed by atoms with Crippen molar-refractivity contribution in [3.05, 3.63) is 37.3 Å². The van der Waals surface area contributed by atoms with Crippen molar-refractivity contribution in [3.63, 3.8) is 0 Å². The molecule has 25 heavy (non-hydrogen) atoms. The van der Waals surface area contributed by atoms with Crippen LogP contribution in [0.25, 0.3) is 0 Å². The summed E-state index contributed by atoms with van der Waals surface area (Å²) >= 11 is 13.8. The van der Waals surface area contributed by atoms with Crippen molar-refractivity contribution in [1.29, 1.82) is 5.26 Å². The monoisotopic (exact) mass is 435 g/mol. The number of amides is 1. The molecule has 1 atom stereocenters. The van der Waals surface area contributed by atoms with E-state index >= 15 is 0 Å². The number of rotatable bonds is 5. The van der Waals surface area contributed by atoms with Gasteiger partial charge in [0.25, 0.3) is 10.0 Å². The highest BCUT2D eigenvalue weighted by atomic mass is 35.5. The number of nitriles is 1. The summed E-state index contributed by atoms with van der Waals surface area (Å²) in [6.45, 7) is 0.803. The Morgan fingerprint density at radius 3 is 2.72 bits per heavy atom. The smallest absolute Gasteiger partial charge is 0.250 e. The number of thiophene rings is 2. The molecule has 6 nitrogen and oxygen atoms in total. The highest BCUT2D eigenvalue weighted by Crippen LogP contribution is 2.34. The second-order valence-electron chi connectivity index (χ2n) is 5.29. The molecule has 1 aliphatic rings. The zero-order chi connectivity index (χ0) is 18.2. The molecule has 132 valence electrons. The van der Waals surface area contributed by atoms with Gasteiger partial charge in [-0.3, -0.25) is 4.79 Å². The summed E-state index contributed by atoms with van der Waals surface area (Å²) in [6.07, 6.45) is 0.376. The van der Waals surface area contributed by atoms with Crippen LogP contribution in [0, 0.1) is 11.3 Å². The lowest BCUT2D eigenvalue weighted by molar-refractivity contribution is -0.129. The summed E-state index contributed by atoms with van der Waals surface area (Å²) < 4.78 is 27.4. The van der Waals surface area contributed by atoms with Gasteiger partial charge in [-0.25, -0.2) is 8.42 Å². The van der Waals surface area contributed by atoms with E-state index in [9.17, 15) is 13.2 Å². The lowest BCUT2D eigenvalue weighted by atomic mass is 10.3. The third-order valence-electron chi connectivity index (χ3n) is 3.60. The molecule has 11 heteroatoms. The molecule has 0 aliphatic carbocycles. The fourth-order valence-electron chi connectivity index (χ4n) is 2.42. The van der Waals surface area contributed by atoms with E-state index in [1.807, 2.05) is 0 Å². The van der Waals surface area contributed by atoms with Gasteiger partial charge in [-0.1, -0.05) is 23.2 Å². The lowest BCUT2D eigenvalue weighted by Crippen LogP contribution is -2.40. The molecule has 0 aromatic carbocycles. The number of nitrogens with one attached hydrogen (secondary N) is 1. The van der Waals surface area contributed by atoms with Crippen LogP contribution in [0.3, 0.4) is 0 Å². The van der Waals surface area contributed by atoms with Gasteiger partial charge in [0.05, 0.1) is 11.6 Å². The first kappa shape index (κ1) is 18.6. The molecule has 1 fully saturated rings. The molecule has 1 aliphatic heterocycles. The average Bonchev–Trinajstić information content (AvgIpc) is 3.24. The molecule has 1 saturated heterocycles. The van der Waals surface area contributed by atoms with Crippen LogP contribution >= 0.6 is 45.9 Å². The van der Waals surface area contributed by atoms with Crippen LogP contribution in [0.15, 0.2) is 22.4 Å². The number of hydrogen-bond acceptors (Lipinski definition) is 6. The highest BCUT2D eigenvalue weighted by molar-refractivity contribution is 7.91. The van der Waals surface area contributed by atoms with E-state index in [4.69, 9.17) is 28.5 Å². The normalized spacial score (nSPS) is 17.9. The van der Waals surface area contributed by atoms with E-state index in [1.54, 1.807) is 17.0 Å². The molecule has 0 bridgehead atoms. The van der Waals surface area contributed by atoms with Gasteiger partial charge in [-0.05, 0) is 24.6 Å². The highest BCUT2D eigenvalue weighted by Gasteiger charge is 2.35. The number of nitrogens with zero attached hydrogens (tertiary/aromatic N) is 2. The average molecular weight is 436 g/mol. The molecule has 3 heterocycles. The Balaban J connectivity index is 1.68. The molecule has 0 unspecified atom stereocenters. The third-order valence-corrected chi connectivity index (χ3v) is 8.39. The van der Waals surface area contributed by atoms with E-state index < -0.39 is 16.1 Å². The molecule has 0 radical (unpaired) electrons. The van der Waals surface area contributed by atoms with Crippen LogP contribution in [-0.2, 0) is 21.4 Å². The maximum Gasteiger partial charge on any atom is 0.250 e. The van der Waals surface area contributed by atoms with Crippen molar-refractivity contribution in [2.24, 2.45) is 0 Å². The summed E-state index contributed by atoms with van der Waals surface area (Å²) in [5.74, 6) is -0.288. The van der Waals surface area contributed by atoms with Crippen molar-refractivity contribution in [2.75, 3.05) is 6.54 Å². The molecule has 2 aromatic heterocycles. The third kappa shape index (κ3) is 4.00. The van der Waals surface area contributed by atoms with Crippen LogP contribution in [0.5, 0.6) is 0 Å². The molecule has 0 saturated carbocycles. The van der Waals surface area contributed by atoms with Crippen molar-refractivity contribution >= 4 is 61.8 Å². The number of carbonyl (C=O) groups is 1. The number of hydrogen-bond donors (Lipinski definition) is 1. The SMILES string of the molecule is N#Cc1ccc(CN2CC[C@H](NS(=O)(=O)c3cc(Cl)c(Cl)s3)C2=O)s1. The minimum absolute atomic E-state index is 0.0225. The molecule has 1 amide bonds. The van der Waals surface area contributed by atoms with E-state index in [-0.39, 0.29) is 19.5 Å². The van der Waals surface area contributed by atoms with Crippen LogP contribution in [0.2, 0.25) is 9.36 Å². The van der Waals surface area contributed by atoms with E-state index in [0.717, 1.165) is 16.2 Å².